The highest BCUT2D eigenvalue weighted by Crippen LogP contribution is 2.38. The molecule has 1 fully saturated rings. The van der Waals surface area contributed by atoms with Gasteiger partial charge in [-0.25, -0.2) is 0 Å². The smallest absolute Gasteiger partial charge is 0.246 e. The summed E-state index contributed by atoms with van der Waals surface area (Å²) >= 11 is 6.21. The Balaban J connectivity index is 1.72. The number of fused-ring (bicyclic) bond motifs is 1. The summed E-state index contributed by atoms with van der Waals surface area (Å²) in [5, 5.41) is 3.91. The van der Waals surface area contributed by atoms with Crippen molar-refractivity contribution >= 4 is 23.6 Å². The first kappa shape index (κ1) is 16.1. The molecule has 2 unspecified atom stereocenters. The van der Waals surface area contributed by atoms with Crippen LogP contribution in [0.25, 0.3) is 6.08 Å². The minimum absolute atomic E-state index is 0.0104. The molecule has 5 nitrogen and oxygen atoms in total. The van der Waals surface area contributed by atoms with Crippen molar-refractivity contribution in [3.8, 4) is 11.5 Å². The second-order valence-electron chi connectivity index (χ2n) is 6.07. The molecule has 23 heavy (non-hydrogen) atoms. The molecule has 2 aliphatic heterocycles. The van der Waals surface area contributed by atoms with Crippen LogP contribution < -0.4 is 14.8 Å². The Hall–Kier alpha value is -1.72. The van der Waals surface area contributed by atoms with Crippen LogP contribution in [0.1, 0.15) is 19.4 Å². The third-order valence-corrected chi connectivity index (χ3v) is 4.19. The van der Waals surface area contributed by atoms with E-state index < -0.39 is 0 Å². The lowest BCUT2D eigenvalue weighted by atomic mass is 10.1. The zero-order chi connectivity index (χ0) is 16.4. The van der Waals surface area contributed by atoms with Gasteiger partial charge in [0.05, 0.1) is 5.02 Å². The largest absolute Gasteiger partial charge is 0.486 e. The molecule has 0 aromatic heterocycles. The normalized spacial score (nSPS) is 24.0. The Morgan fingerprint density at radius 2 is 1.96 bits per heavy atom. The van der Waals surface area contributed by atoms with Crippen molar-refractivity contribution < 1.29 is 14.3 Å². The van der Waals surface area contributed by atoms with Gasteiger partial charge in [0.1, 0.15) is 13.2 Å². The van der Waals surface area contributed by atoms with E-state index in [2.05, 4.69) is 19.2 Å². The topological polar surface area (TPSA) is 50.8 Å². The maximum absolute atomic E-state index is 12.4. The predicted octanol–water partition coefficient (Wildman–Crippen LogP) is 2.33. The lowest BCUT2D eigenvalue weighted by molar-refractivity contribution is -0.127. The van der Waals surface area contributed by atoms with Gasteiger partial charge in [-0.1, -0.05) is 11.6 Å². The summed E-state index contributed by atoms with van der Waals surface area (Å²) in [6.45, 7) is 6.61. The van der Waals surface area contributed by atoms with Gasteiger partial charge in [-0.15, -0.1) is 0 Å². The van der Waals surface area contributed by atoms with E-state index in [-0.39, 0.29) is 5.91 Å². The number of nitrogens with zero attached hydrogens (tertiary/aromatic N) is 1. The van der Waals surface area contributed by atoms with Crippen LogP contribution in [0.15, 0.2) is 18.2 Å². The molecule has 6 heteroatoms. The second kappa shape index (κ2) is 6.81. The van der Waals surface area contributed by atoms with E-state index in [0.717, 1.165) is 18.7 Å². The molecule has 1 amide bonds. The summed E-state index contributed by atoms with van der Waals surface area (Å²) in [4.78, 5) is 14.2. The van der Waals surface area contributed by atoms with E-state index in [0.29, 0.717) is 41.8 Å². The number of carbonyl (C=O) groups is 1. The van der Waals surface area contributed by atoms with E-state index in [4.69, 9.17) is 21.1 Å². The van der Waals surface area contributed by atoms with E-state index in [9.17, 15) is 4.79 Å². The molecule has 0 saturated carbocycles. The summed E-state index contributed by atoms with van der Waals surface area (Å²) in [6.07, 6.45) is 3.36. The third kappa shape index (κ3) is 3.79. The minimum Gasteiger partial charge on any atom is -0.486 e. The monoisotopic (exact) mass is 336 g/mol. The first-order valence-corrected chi connectivity index (χ1v) is 8.23. The van der Waals surface area contributed by atoms with Crippen molar-refractivity contribution in [2.45, 2.75) is 25.9 Å². The third-order valence-electron chi connectivity index (χ3n) is 3.91. The Kier molecular flexibility index (Phi) is 4.78. The quantitative estimate of drug-likeness (QED) is 0.842. The van der Waals surface area contributed by atoms with E-state index in [1.54, 1.807) is 18.2 Å². The number of hydrogen-bond donors (Lipinski definition) is 1. The van der Waals surface area contributed by atoms with Crippen molar-refractivity contribution in [1.82, 2.24) is 10.2 Å². The minimum atomic E-state index is 0.0104. The summed E-state index contributed by atoms with van der Waals surface area (Å²) in [6, 6.07) is 4.23. The number of benzene rings is 1. The van der Waals surface area contributed by atoms with Crippen LogP contribution in [-0.4, -0.2) is 49.2 Å². The lowest BCUT2D eigenvalue weighted by Crippen LogP contribution is -2.55. The Morgan fingerprint density at radius 3 is 2.70 bits per heavy atom. The second-order valence-corrected chi connectivity index (χ2v) is 6.48. The Labute approximate surface area is 141 Å². The highest BCUT2D eigenvalue weighted by Gasteiger charge is 2.23. The van der Waals surface area contributed by atoms with Gasteiger partial charge in [-0.05, 0) is 37.6 Å². The highest BCUT2D eigenvalue weighted by molar-refractivity contribution is 6.32. The van der Waals surface area contributed by atoms with Gasteiger partial charge in [-0.2, -0.15) is 0 Å². The number of carbonyl (C=O) groups excluding carboxylic acids is 1. The molecular weight excluding hydrogens is 316 g/mol. The maximum Gasteiger partial charge on any atom is 0.246 e. The molecule has 1 aromatic carbocycles. The number of nitrogens with one attached hydrogen (secondary N) is 1. The first-order valence-electron chi connectivity index (χ1n) is 7.85. The molecule has 2 aliphatic rings. The van der Waals surface area contributed by atoms with Crippen molar-refractivity contribution in [3.63, 3.8) is 0 Å². The molecule has 0 aliphatic carbocycles. The van der Waals surface area contributed by atoms with E-state index in [1.807, 2.05) is 11.0 Å². The zero-order valence-corrected chi connectivity index (χ0v) is 14.1. The summed E-state index contributed by atoms with van der Waals surface area (Å²) in [7, 11) is 0. The van der Waals surface area contributed by atoms with E-state index in [1.165, 1.54) is 0 Å². The number of piperazine rings is 1. The van der Waals surface area contributed by atoms with Gasteiger partial charge >= 0.3 is 0 Å². The van der Waals surface area contributed by atoms with Crippen LogP contribution in [0.3, 0.4) is 0 Å². The average molecular weight is 337 g/mol. The number of hydrogen-bond acceptors (Lipinski definition) is 4. The average Bonchev–Trinajstić information content (AvgIpc) is 2.52. The summed E-state index contributed by atoms with van der Waals surface area (Å²) < 4.78 is 11.0. The van der Waals surface area contributed by atoms with Gasteiger partial charge in [-0.3, -0.25) is 4.79 Å². The van der Waals surface area contributed by atoms with E-state index >= 15 is 0 Å². The number of amides is 1. The number of halogens is 1. The zero-order valence-electron chi connectivity index (χ0n) is 13.3. The number of ether oxygens (including phenoxy) is 2. The SMILES string of the molecule is CC1CN(C(=O)C=Cc2cc(Cl)c3c(c2)OCCO3)CC(C)N1. The van der Waals surface area contributed by atoms with Crippen LogP contribution in [-0.2, 0) is 4.79 Å². The van der Waals surface area contributed by atoms with Crippen molar-refractivity contribution in [1.29, 1.82) is 0 Å². The van der Waals surface area contributed by atoms with Gasteiger partial charge in [0, 0.05) is 31.2 Å². The van der Waals surface area contributed by atoms with Crippen molar-refractivity contribution in [3.05, 3.63) is 28.8 Å². The fourth-order valence-electron chi connectivity index (χ4n) is 3.01. The molecule has 1 N–H and O–H groups in total. The molecule has 0 radical (unpaired) electrons. The van der Waals surface area contributed by atoms with Crippen LogP contribution >= 0.6 is 11.6 Å². The van der Waals surface area contributed by atoms with Crippen LogP contribution in [0.2, 0.25) is 5.02 Å². The molecule has 2 atom stereocenters. The van der Waals surface area contributed by atoms with Crippen LogP contribution in [0.4, 0.5) is 0 Å². The summed E-state index contributed by atoms with van der Waals surface area (Å²) in [5.74, 6) is 1.21. The van der Waals surface area contributed by atoms with Crippen LogP contribution in [0.5, 0.6) is 11.5 Å². The van der Waals surface area contributed by atoms with Gasteiger partial charge in [0.25, 0.3) is 0 Å². The van der Waals surface area contributed by atoms with Crippen LogP contribution in [0, 0.1) is 0 Å². The molecule has 2 heterocycles. The standard InChI is InChI=1S/C17H21ClN2O3/c1-11-9-20(10-12(2)19-11)16(21)4-3-13-7-14(18)17-15(8-13)22-5-6-23-17/h3-4,7-8,11-12,19H,5-6,9-10H2,1-2H3. The van der Waals surface area contributed by atoms with Gasteiger partial charge in [0.15, 0.2) is 11.5 Å². The lowest BCUT2D eigenvalue weighted by Gasteiger charge is -2.35. The Morgan fingerprint density at radius 1 is 1.26 bits per heavy atom. The van der Waals surface area contributed by atoms with Crippen molar-refractivity contribution in [2.75, 3.05) is 26.3 Å². The number of rotatable bonds is 2. The molecule has 124 valence electrons. The fraction of sp³-hybridized carbons (Fsp3) is 0.471. The van der Waals surface area contributed by atoms with Gasteiger partial charge < -0.3 is 19.7 Å². The fourth-order valence-corrected chi connectivity index (χ4v) is 3.28. The predicted molar refractivity (Wildman–Crippen MR) is 90.1 cm³/mol. The summed E-state index contributed by atoms with van der Waals surface area (Å²) in [5.41, 5.74) is 0.823. The molecule has 1 aromatic rings. The molecule has 0 bridgehead atoms. The molecule has 3 rings (SSSR count). The van der Waals surface area contributed by atoms with Gasteiger partial charge in [0.2, 0.25) is 5.91 Å². The van der Waals surface area contributed by atoms with Crippen molar-refractivity contribution in [2.24, 2.45) is 0 Å². The Bertz CT molecular complexity index is 623. The highest BCUT2D eigenvalue weighted by atomic mass is 35.5. The molecule has 1 saturated heterocycles. The maximum atomic E-state index is 12.4. The first-order chi connectivity index (χ1) is 11.0. The molecule has 0 spiro atoms. The molecular formula is C17H21ClN2O3.